The fraction of sp³-hybridized carbons (Fsp3) is 0.480. The molecule has 0 aliphatic carbocycles. The Kier molecular flexibility index (Phi) is 10.4. The first-order chi connectivity index (χ1) is 16.1. The Balaban J connectivity index is 1.55. The SMILES string of the molecule is COCCOCC(=O)N1CCN(CC(OCc2cccc(OC)c2)c2ccc(Cl)cc2)CC1. The number of carbonyl (C=O) groups excluding carboxylic acids is 1. The second-order valence-electron chi connectivity index (χ2n) is 7.93. The maximum absolute atomic E-state index is 12.3. The Bertz CT molecular complexity index is 856. The highest BCUT2D eigenvalue weighted by Crippen LogP contribution is 2.24. The monoisotopic (exact) mass is 476 g/mol. The van der Waals surface area contributed by atoms with E-state index in [-0.39, 0.29) is 18.6 Å². The summed E-state index contributed by atoms with van der Waals surface area (Å²) in [6.07, 6.45) is -0.118. The zero-order valence-corrected chi connectivity index (χ0v) is 20.1. The second kappa shape index (κ2) is 13.5. The smallest absolute Gasteiger partial charge is 0.248 e. The molecule has 0 aromatic heterocycles. The van der Waals surface area contributed by atoms with E-state index in [2.05, 4.69) is 4.90 Å². The second-order valence-corrected chi connectivity index (χ2v) is 8.37. The van der Waals surface area contributed by atoms with Gasteiger partial charge in [0.05, 0.1) is 33.0 Å². The summed E-state index contributed by atoms with van der Waals surface area (Å²) in [6, 6.07) is 15.7. The lowest BCUT2D eigenvalue weighted by atomic mass is 10.1. The first-order valence-corrected chi connectivity index (χ1v) is 11.5. The van der Waals surface area contributed by atoms with E-state index in [0.29, 0.717) is 37.9 Å². The number of nitrogens with zero attached hydrogens (tertiary/aromatic N) is 2. The van der Waals surface area contributed by atoms with Gasteiger partial charge in [-0.3, -0.25) is 9.69 Å². The number of benzene rings is 2. The number of rotatable bonds is 12. The molecule has 1 fully saturated rings. The molecule has 1 aliphatic heterocycles. The lowest BCUT2D eigenvalue weighted by Crippen LogP contribution is -2.50. The molecule has 0 spiro atoms. The molecule has 1 heterocycles. The van der Waals surface area contributed by atoms with E-state index in [4.69, 9.17) is 30.5 Å². The molecule has 3 rings (SSSR count). The van der Waals surface area contributed by atoms with Crippen LogP contribution in [0.5, 0.6) is 5.75 Å². The lowest BCUT2D eigenvalue weighted by molar-refractivity contribution is -0.138. The van der Waals surface area contributed by atoms with Gasteiger partial charge in [-0.05, 0) is 35.4 Å². The Morgan fingerprint density at radius 3 is 2.48 bits per heavy atom. The molecule has 0 N–H and O–H groups in total. The number of piperazine rings is 1. The molecule has 0 bridgehead atoms. The Morgan fingerprint density at radius 1 is 1.03 bits per heavy atom. The van der Waals surface area contributed by atoms with Gasteiger partial charge in [0.2, 0.25) is 5.91 Å². The van der Waals surface area contributed by atoms with Crippen molar-refractivity contribution in [2.45, 2.75) is 12.7 Å². The average Bonchev–Trinajstić information content (AvgIpc) is 2.85. The van der Waals surface area contributed by atoms with Gasteiger partial charge in [-0.25, -0.2) is 0 Å². The number of halogens is 1. The molecule has 0 radical (unpaired) electrons. The van der Waals surface area contributed by atoms with E-state index in [1.165, 1.54) is 0 Å². The van der Waals surface area contributed by atoms with Crippen molar-refractivity contribution in [2.24, 2.45) is 0 Å². The summed E-state index contributed by atoms with van der Waals surface area (Å²) >= 11 is 6.09. The van der Waals surface area contributed by atoms with Crippen LogP contribution in [0.3, 0.4) is 0 Å². The third-order valence-corrected chi connectivity index (χ3v) is 5.89. The summed E-state index contributed by atoms with van der Waals surface area (Å²) in [5.41, 5.74) is 2.13. The summed E-state index contributed by atoms with van der Waals surface area (Å²) in [6.45, 7) is 5.15. The molecule has 8 heteroatoms. The highest BCUT2D eigenvalue weighted by atomic mass is 35.5. The quantitative estimate of drug-likeness (QED) is 0.437. The minimum atomic E-state index is -0.118. The molecule has 180 valence electrons. The molecule has 1 unspecified atom stereocenters. The van der Waals surface area contributed by atoms with E-state index in [1.54, 1.807) is 14.2 Å². The van der Waals surface area contributed by atoms with E-state index < -0.39 is 0 Å². The number of amides is 1. The molecule has 33 heavy (non-hydrogen) atoms. The van der Waals surface area contributed by atoms with Crippen LogP contribution in [0.1, 0.15) is 17.2 Å². The van der Waals surface area contributed by atoms with Gasteiger partial charge < -0.3 is 23.8 Å². The largest absolute Gasteiger partial charge is 0.497 e. The third kappa shape index (κ3) is 8.28. The summed E-state index contributed by atoms with van der Waals surface area (Å²) in [4.78, 5) is 16.5. The van der Waals surface area contributed by atoms with Crippen LogP contribution >= 0.6 is 11.6 Å². The minimum absolute atomic E-state index is 0.0225. The highest BCUT2D eigenvalue weighted by Gasteiger charge is 2.24. The van der Waals surface area contributed by atoms with Gasteiger partial charge in [0, 0.05) is 44.9 Å². The minimum Gasteiger partial charge on any atom is -0.497 e. The lowest BCUT2D eigenvalue weighted by Gasteiger charge is -2.36. The van der Waals surface area contributed by atoms with Crippen molar-refractivity contribution in [3.8, 4) is 5.75 Å². The predicted octanol–water partition coefficient (Wildman–Crippen LogP) is 3.41. The van der Waals surface area contributed by atoms with Crippen molar-refractivity contribution in [3.63, 3.8) is 0 Å². The summed E-state index contributed by atoms with van der Waals surface area (Å²) in [7, 11) is 3.27. The van der Waals surface area contributed by atoms with E-state index in [9.17, 15) is 4.79 Å². The van der Waals surface area contributed by atoms with E-state index >= 15 is 0 Å². The Hall–Kier alpha value is -2.16. The van der Waals surface area contributed by atoms with Crippen LogP contribution < -0.4 is 4.74 Å². The Morgan fingerprint density at radius 2 is 1.79 bits per heavy atom. The van der Waals surface area contributed by atoms with Gasteiger partial charge in [-0.1, -0.05) is 35.9 Å². The maximum atomic E-state index is 12.3. The number of carbonyl (C=O) groups is 1. The fourth-order valence-electron chi connectivity index (χ4n) is 3.70. The van der Waals surface area contributed by atoms with E-state index in [0.717, 1.165) is 36.5 Å². The van der Waals surface area contributed by atoms with Crippen molar-refractivity contribution < 1.29 is 23.7 Å². The molecular weight excluding hydrogens is 444 g/mol. The van der Waals surface area contributed by atoms with Gasteiger partial charge in [0.25, 0.3) is 0 Å². The van der Waals surface area contributed by atoms with Crippen LogP contribution in [-0.4, -0.2) is 82.5 Å². The van der Waals surface area contributed by atoms with Crippen molar-refractivity contribution in [3.05, 3.63) is 64.7 Å². The van der Waals surface area contributed by atoms with Gasteiger partial charge in [0.15, 0.2) is 0 Å². The molecule has 7 nitrogen and oxygen atoms in total. The van der Waals surface area contributed by atoms with Crippen LogP contribution in [0.15, 0.2) is 48.5 Å². The normalized spacial score (nSPS) is 15.4. The molecule has 1 aliphatic rings. The average molecular weight is 477 g/mol. The predicted molar refractivity (Wildman–Crippen MR) is 128 cm³/mol. The molecule has 2 aromatic rings. The number of methoxy groups -OCH3 is 2. The highest BCUT2D eigenvalue weighted by molar-refractivity contribution is 6.30. The van der Waals surface area contributed by atoms with Crippen LogP contribution in [-0.2, 0) is 25.6 Å². The summed E-state index contributed by atoms with van der Waals surface area (Å²) in [5, 5.41) is 0.699. The Labute approximate surface area is 201 Å². The molecular formula is C25H33ClN2O5. The van der Waals surface area contributed by atoms with Crippen LogP contribution in [0, 0.1) is 0 Å². The molecule has 2 aromatic carbocycles. The van der Waals surface area contributed by atoms with Crippen LogP contribution in [0.25, 0.3) is 0 Å². The molecule has 1 saturated heterocycles. The van der Waals surface area contributed by atoms with Crippen molar-refractivity contribution in [1.29, 1.82) is 0 Å². The fourth-order valence-corrected chi connectivity index (χ4v) is 3.82. The van der Waals surface area contributed by atoms with Gasteiger partial charge in [0.1, 0.15) is 12.4 Å². The summed E-state index contributed by atoms with van der Waals surface area (Å²) in [5.74, 6) is 0.834. The number of hydrogen-bond acceptors (Lipinski definition) is 6. The van der Waals surface area contributed by atoms with Crippen LogP contribution in [0.2, 0.25) is 5.02 Å². The number of ether oxygens (including phenoxy) is 4. The first-order valence-electron chi connectivity index (χ1n) is 11.2. The van der Waals surface area contributed by atoms with Gasteiger partial charge in [-0.15, -0.1) is 0 Å². The standard InChI is InChI=1S/C25H33ClN2O5/c1-30-14-15-32-19-25(29)28-12-10-27(11-13-28)17-24(21-6-8-22(26)9-7-21)33-18-20-4-3-5-23(16-20)31-2/h3-9,16,24H,10-15,17-19H2,1-2H3. The topological polar surface area (TPSA) is 60.5 Å². The third-order valence-electron chi connectivity index (χ3n) is 5.63. The zero-order chi connectivity index (χ0) is 23.5. The van der Waals surface area contributed by atoms with Gasteiger partial charge >= 0.3 is 0 Å². The summed E-state index contributed by atoms with van der Waals surface area (Å²) < 4.78 is 22.0. The molecule has 0 saturated carbocycles. The van der Waals surface area contributed by atoms with Crippen LogP contribution in [0.4, 0.5) is 0 Å². The van der Waals surface area contributed by atoms with Crippen molar-refractivity contribution in [2.75, 3.05) is 66.8 Å². The molecule has 1 atom stereocenters. The first kappa shape index (κ1) is 25.5. The van der Waals surface area contributed by atoms with Crippen molar-refractivity contribution in [1.82, 2.24) is 9.80 Å². The number of hydrogen-bond donors (Lipinski definition) is 0. The maximum Gasteiger partial charge on any atom is 0.248 e. The van der Waals surface area contributed by atoms with Crippen molar-refractivity contribution >= 4 is 17.5 Å². The zero-order valence-electron chi connectivity index (χ0n) is 19.4. The van der Waals surface area contributed by atoms with E-state index in [1.807, 2.05) is 53.4 Å². The molecule has 1 amide bonds. The van der Waals surface area contributed by atoms with Gasteiger partial charge in [-0.2, -0.15) is 0 Å².